The van der Waals surface area contributed by atoms with E-state index in [-0.39, 0.29) is 16.4 Å². The molecule has 124 valence electrons. The van der Waals surface area contributed by atoms with Gasteiger partial charge in [-0.05, 0) is 55.8 Å². The fourth-order valence-electron chi connectivity index (χ4n) is 2.74. The van der Waals surface area contributed by atoms with Crippen LogP contribution in [-0.2, 0) is 15.6 Å². The van der Waals surface area contributed by atoms with Gasteiger partial charge in [0.15, 0.2) is 15.6 Å². The second kappa shape index (κ2) is 6.07. The first-order valence-electron chi connectivity index (χ1n) is 7.29. The summed E-state index contributed by atoms with van der Waals surface area (Å²) in [5, 5.41) is 1.12. The Morgan fingerprint density at radius 2 is 1.79 bits per heavy atom. The number of benzene rings is 2. The van der Waals surface area contributed by atoms with Gasteiger partial charge in [-0.1, -0.05) is 17.7 Å². The minimum absolute atomic E-state index is 0.107. The van der Waals surface area contributed by atoms with Crippen molar-refractivity contribution in [1.82, 2.24) is 0 Å². The molecule has 0 radical (unpaired) electrons. The third kappa shape index (κ3) is 3.09. The molecule has 0 fully saturated rings. The van der Waals surface area contributed by atoms with Crippen LogP contribution < -0.4 is 0 Å². The zero-order valence-electron chi connectivity index (χ0n) is 13.2. The highest BCUT2D eigenvalue weighted by atomic mass is 35.5. The largest absolute Gasteiger partial charge is 0.461 e. The maximum absolute atomic E-state index is 12.5. The van der Waals surface area contributed by atoms with Crippen molar-refractivity contribution in [3.05, 3.63) is 64.4 Å². The Morgan fingerprint density at radius 3 is 2.42 bits per heavy atom. The van der Waals surface area contributed by atoms with Gasteiger partial charge in [0.1, 0.15) is 11.3 Å². The monoisotopic (exact) mass is 362 g/mol. The predicted molar refractivity (Wildman–Crippen MR) is 93.3 cm³/mol. The number of aryl methyl sites for hydroxylation is 1. The smallest absolute Gasteiger partial charge is 0.182 e. The molecular weight excluding hydrogens is 348 g/mol. The van der Waals surface area contributed by atoms with Crippen LogP contribution >= 0.6 is 11.6 Å². The van der Waals surface area contributed by atoms with Gasteiger partial charge in [0, 0.05) is 10.4 Å². The summed E-state index contributed by atoms with van der Waals surface area (Å²) < 4.78 is 30.6. The number of ketones is 1. The number of Topliss-reactive ketones (excluding diaryl/α,β-unsaturated/α-hetero) is 1. The molecule has 3 aromatic rings. The number of sulfone groups is 1. The van der Waals surface area contributed by atoms with Gasteiger partial charge in [-0.15, -0.1) is 0 Å². The highest BCUT2D eigenvalue weighted by Crippen LogP contribution is 2.28. The summed E-state index contributed by atoms with van der Waals surface area (Å²) in [6.45, 7) is 3.19. The van der Waals surface area contributed by atoms with Gasteiger partial charge in [0.25, 0.3) is 0 Å². The molecule has 0 N–H and O–H groups in total. The second-order valence-corrected chi connectivity index (χ2v) is 8.06. The third-order valence-corrected chi connectivity index (χ3v) is 5.77. The lowest BCUT2D eigenvalue weighted by Gasteiger charge is -2.05. The van der Waals surface area contributed by atoms with Crippen LogP contribution in [0.15, 0.2) is 51.8 Å². The van der Waals surface area contributed by atoms with E-state index in [2.05, 4.69) is 0 Å². The summed E-state index contributed by atoms with van der Waals surface area (Å²) >= 11 is 5.80. The third-order valence-electron chi connectivity index (χ3n) is 3.81. The fourth-order valence-corrected chi connectivity index (χ4v) is 4.20. The van der Waals surface area contributed by atoms with E-state index in [0.29, 0.717) is 32.9 Å². The Kier molecular flexibility index (Phi) is 4.24. The number of carbonyl (C=O) groups excluding carboxylic acids is 1. The molecule has 0 saturated carbocycles. The van der Waals surface area contributed by atoms with Crippen LogP contribution in [0.5, 0.6) is 0 Å². The van der Waals surface area contributed by atoms with Crippen LogP contribution in [0.25, 0.3) is 11.0 Å². The van der Waals surface area contributed by atoms with E-state index in [4.69, 9.17) is 16.0 Å². The zero-order chi connectivity index (χ0) is 17.5. The van der Waals surface area contributed by atoms with E-state index in [1.54, 1.807) is 37.3 Å². The Bertz CT molecular complexity index is 1030. The van der Waals surface area contributed by atoms with Crippen molar-refractivity contribution in [3.8, 4) is 0 Å². The highest BCUT2D eigenvalue weighted by molar-refractivity contribution is 7.90. The van der Waals surface area contributed by atoms with Gasteiger partial charge in [-0.3, -0.25) is 4.79 Å². The first kappa shape index (κ1) is 16.7. The normalized spacial score (nSPS) is 11.8. The number of halogens is 1. The lowest BCUT2D eigenvalue weighted by atomic mass is 10.1. The lowest BCUT2D eigenvalue weighted by Crippen LogP contribution is -2.05. The fraction of sp³-hybridized carbons (Fsp3) is 0.167. The molecule has 3 rings (SSSR count). The molecule has 0 saturated heterocycles. The summed E-state index contributed by atoms with van der Waals surface area (Å²) in [5.41, 5.74) is 1.67. The number of hydrogen-bond acceptors (Lipinski definition) is 4. The SMILES string of the molecule is CC(=O)c1c(C)oc2ccc(CS(=O)(=O)c3ccc(Cl)cc3)cc12. The average Bonchev–Trinajstić information content (AvgIpc) is 2.82. The molecule has 2 aromatic carbocycles. The topological polar surface area (TPSA) is 64.3 Å². The average molecular weight is 363 g/mol. The van der Waals surface area contributed by atoms with E-state index in [0.717, 1.165) is 0 Å². The molecule has 0 aliphatic carbocycles. The van der Waals surface area contributed by atoms with Crippen LogP contribution in [0, 0.1) is 6.92 Å². The first-order chi connectivity index (χ1) is 11.3. The highest BCUT2D eigenvalue weighted by Gasteiger charge is 2.19. The summed E-state index contributed by atoms with van der Waals surface area (Å²) in [7, 11) is -3.50. The number of carbonyl (C=O) groups is 1. The van der Waals surface area contributed by atoms with Crippen LogP contribution in [0.4, 0.5) is 0 Å². The van der Waals surface area contributed by atoms with Crippen LogP contribution in [-0.4, -0.2) is 14.2 Å². The molecule has 4 nitrogen and oxygen atoms in total. The molecule has 0 bridgehead atoms. The molecule has 0 amide bonds. The Hall–Kier alpha value is -2.11. The van der Waals surface area contributed by atoms with Crippen molar-refractivity contribution in [2.75, 3.05) is 0 Å². The molecule has 1 heterocycles. The molecule has 0 atom stereocenters. The standard InChI is InChI=1S/C18H15ClO4S/c1-11(20)18-12(2)23-17-8-3-13(9-16(17)18)10-24(21,22)15-6-4-14(19)5-7-15/h3-9H,10H2,1-2H3. The molecule has 6 heteroatoms. The van der Waals surface area contributed by atoms with Gasteiger partial charge in [-0.25, -0.2) is 8.42 Å². The first-order valence-corrected chi connectivity index (χ1v) is 9.32. The van der Waals surface area contributed by atoms with Crippen molar-refractivity contribution in [1.29, 1.82) is 0 Å². The minimum atomic E-state index is -3.50. The summed E-state index contributed by atoms with van der Waals surface area (Å²) in [4.78, 5) is 12.0. The van der Waals surface area contributed by atoms with E-state index in [1.807, 2.05) is 0 Å². The van der Waals surface area contributed by atoms with E-state index >= 15 is 0 Å². The zero-order valence-corrected chi connectivity index (χ0v) is 14.7. The number of furan rings is 1. The molecule has 0 spiro atoms. The number of fused-ring (bicyclic) bond motifs is 1. The molecule has 0 aliphatic rings. The molecule has 1 aromatic heterocycles. The minimum Gasteiger partial charge on any atom is -0.461 e. The van der Waals surface area contributed by atoms with Gasteiger partial charge < -0.3 is 4.42 Å². The maximum Gasteiger partial charge on any atom is 0.182 e. The van der Waals surface area contributed by atoms with Gasteiger partial charge in [-0.2, -0.15) is 0 Å². The van der Waals surface area contributed by atoms with Crippen LogP contribution in [0.1, 0.15) is 28.6 Å². The maximum atomic E-state index is 12.5. The van der Waals surface area contributed by atoms with Gasteiger partial charge in [0.2, 0.25) is 0 Å². The second-order valence-electron chi connectivity index (χ2n) is 5.63. The molecule has 0 unspecified atom stereocenters. The lowest BCUT2D eigenvalue weighted by molar-refractivity contribution is 0.101. The van der Waals surface area contributed by atoms with Gasteiger partial charge in [0.05, 0.1) is 16.2 Å². The summed E-state index contributed by atoms with van der Waals surface area (Å²) in [6.07, 6.45) is 0. The molecule has 0 aliphatic heterocycles. The Morgan fingerprint density at radius 1 is 1.12 bits per heavy atom. The summed E-state index contributed by atoms with van der Waals surface area (Å²) in [6, 6.07) is 11.2. The van der Waals surface area contributed by atoms with E-state index in [1.165, 1.54) is 19.1 Å². The van der Waals surface area contributed by atoms with Crippen molar-refractivity contribution in [3.63, 3.8) is 0 Å². The van der Waals surface area contributed by atoms with Crippen LogP contribution in [0.2, 0.25) is 5.02 Å². The quantitative estimate of drug-likeness (QED) is 0.637. The van der Waals surface area contributed by atoms with E-state index < -0.39 is 9.84 Å². The Labute approximate surface area is 145 Å². The number of hydrogen-bond donors (Lipinski definition) is 0. The van der Waals surface area contributed by atoms with Crippen molar-refractivity contribution in [2.24, 2.45) is 0 Å². The summed E-state index contributed by atoms with van der Waals surface area (Å²) in [5.74, 6) is 0.269. The molecular formula is C18H15ClO4S. The van der Waals surface area contributed by atoms with Gasteiger partial charge >= 0.3 is 0 Å². The van der Waals surface area contributed by atoms with Crippen molar-refractivity contribution in [2.45, 2.75) is 24.5 Å². The number of rotatable bonds is 4. The van der Waals surface area contributed by atoms with Crippen LogP contribution in [0.3, 0.4) is 0 Å². The van der Waals surface area contributed by atoms with E-state index in [9.17, 15) is 13.2 Å². The molecule has 24 heavy (non-hydrogen) atoms. The predicted octanol–water partition coefficient (Wildman–Crippen LogP) is 4.57. The van der Waals surface area contributed by atoms with Crippen molar-refractivity contribution >= 4 is 38.2 Å². The van der Waals surface area contributed by atoms with Crippen molar-refractivity contribution < 1.29 is 17.6 Å². The Balaban J connectivity index is 2.02.